The van der Waals surface area contributed by atoms with Crippen LogP contribution in [0.15, 0.2) is 59.0 Å². The summed E-state index contributed by atoms with van der Waals surface area (Å²) >= 11 is 0. The minimum Gasteiger partial charge on any atom is -0.496 e. The number of ether oxygens (including phenoxy) is 1. The van der Waals surface area contributed by atoms with Gasteiger partial charge >= 0.3 is 0 Å². The molecule has 0 saturated carbocycles. The van der Waals surface area contributed by atoms with Gasteiger partial charge in [0.05, 0.1) is 19.2 Å². The van der Waals surface area contributed by atoms with Gasteiger partial charge in [-0.25, -0.2) is 0 Å². The molecule has 3 aromatic rings. The molecule has 0 aliphatic heterocycles. The summed E-state index contributed by atoms with van der Waals surface area (Å²) in [6.45, 7) is 1.41. The highest BCUT2D eigenvalue weighted by Crippen LogP contribution is 2.28. The van der Waals surface area contributed by atoms with E-state index < -0.39 is 0 Å². The van der Waals surface area contributed by atoms with E-state index in [9.17, 15) is 0 Å². The third-order valence-corrected chi connectivity index (χ3v) is 3.51. The maximum Gasteiger partial charge on any atom is 0.251 e. The number of hydrogen-bond acceptors (Lipinski definition) is 5. The first-order valence-electron chi connectivity index (χ1n) is 7.57. The van der Waals surface area contributed by atoms with Crippen molar-refractivity contribution in [3.63, 3.8) is 0 Å². The number of nitrogens with one attached hydrogen (secondary N) is 1. The Hall–Kier alpha value is -2.66. The summed E-state index contributed by atoms with van der Waals surface area (Å²) in [5.41, 5.74) is 2.11. The molecule has 0 aliphatic rings. The van der Waals surface area contributed by atoms with Gasteiger partial charge in [-0.05, 0) is 30.7 Å². The normalized spacial score (nSPS) is 10.7. The minimum absolute atomic E-state index is 0.474. The largest absolute Gasteiger partial charge is 0.496 e. The second kappa shape index (κ2) is 7.56. The van der Waals surface area contributed by atoms with E-state index >= 15 is 0 Å². The lowest BCUT2D eigenvalue weighted by atomic mass is 10.1. The van der Waals surface area contributed by atoms with Crippen LogP contribution in [-0.2, 0) is 13.0 Å². The van der Waals surface area contributed by atoms with Gasteiger partial charge in [0.2, 0.25) is 5.89 Å². The standard InChI is InChI=1S/C18H19N3O2/c1-22-16-10-6-5-9-15(16)18-21-20-17(23-18)13-19-12-11-14-7-3-2-4-8-14/h2-10,19H,11-13H2,1H3. The Morgan fingerprint density at radius 2 is 1.78 bits per heavy atom. The van der Waals surface area contributed by atoms with Crippen LogP contribution in [0.2, 0.25) is 0 Å². The van der Waals surface area contributed by atoms with Gasteiger partial charge in [-0.1, -0.05) is 42.5 Å². The van der Waals surface area contributed by atoms with Gasteiger partial charge in [0.25, 0.3) is 5.89 Å². The zero-order valence-electron chi connectivity index (χ0n) is 13.0. The molecule has 0 aliphatic carbocycles. The Morgan fingerprint density at radius 1 is 1.00 bits per heavy atom. The molecule has 3 rings (SSSR count). The zero-order valence-corrected chi connectivity index (χ0v) is 13.0. The molecule has 118 valence electrons. The zero-order chi connectivity index (χ0) is 15.9. The average molecular weight is 309 g/mol. The molecule has 2 aromatic carbocycles. The smallest absolute Gasteiger partial charge is 0.251 e. The number of aromatic nitrogens is 2. The van der Waals surface area contributed by atoms with Gasteiger partial charge in [0.15, 0.2) is 0 Å². The quantitative estimate of drug-likeness (QED) is 0.680. The molecule has 23 heavy (non-hydrogen) atoms. The van der Waals surface area contributed by atoms with Gasteiger partial charge in [0.1, 0.15) is 5.75 Å². The second-order valence-electron chi connectivity index (χ2n) is 5.11. The fourth-order valence-electron chi connectivity index (χ4n) is 2.33. The summed E-state index contributed by atoms with van der Waals surface area (Å²) in [4.78, 5) is 0. The Labute approximate surface area is 135 Å². The van der Waals surface area contributed by atoms with Crippen LogP contribution >= 0.6 is 0 Å². The lowest BCUT2D eigenvalue weighted by molar-refractivity contribution is 0.413. The van der Waals surface area contributed by atoms with Gasteiger partial charge in [0, 0.05) is 0 Å². The second-order valence-corrected chi connectivity index (χ2v) is 5.11. The molecule has 0 radical (unpaired) electrons. The number of rotatable bonds is 7. The van der Waals surface area contributed by atoms with Crippen molar-refractivity contribution >= 4 is 0 Å². The first-order valence-corrected chi connectivity index (χ1v) is 7.57. The molecule has 0 spiro atoms. The Morgan fingerprint density at radius 3 is 2.61 bits per heavy atom. The highest BCUT2D eigenvalue weighted by molar-refractivity contribution is 5.62. The number of nitrogens with zero attached hydrogens (tertiary/aromatic N) is 2. The van der Waals surface area contributed by atoms with Crippen molar-refractivity contribution in [3.8, 4) is 17.2 Å². The van der Waals surface area contributed by atoms with E-state index in [2.05, 4.69) is 27.6 Å². The molecule has 0 atom stereocenters. The molecule has 0 bridgehead atoms. The highest BCUT2D eigenvalue weighted by Gasteiger charge is 2.12. The van der Waals surface area contributed by atoms with E-state index in [4.69, 9.17) is 9.15 Å². The lowest BCUT2D eigenvalue weighted by Crippen LogP contribution is -2.16. The monoisotopic (exact) mass is 309 g/mol. The molecule has 0 unspecified atom stereocenters. The van der Waals surface area contributed by atoms with Crippen molar-refractivity contribution in [1.82, 2.24) is 15.5 Å². The summed E-state index contributed by atoms with van der Waals surface area (Å²) in [6, 6.07) is 18.0. The highest BCUT2D eigenvalue weighted by atomic mass is 16.5. The summed E-state index contributed by atoms with van der Waals surface area (Å²) in [5.74, 6) is 1.76. The third kappa shape index (κ3) is 3.96. The predicted octanol–water partition coefficient (Wildman–Crippen LogP) is 3.08. The van der Waals surface area contributed by atoms with E-state index in [0.717, 1.165) is 24.3 Å². The van der Waals surface area contributed by atoms with E-state index in [0.29, 0.717) is 18.3 Å². The van der Waals surface area contributed by atoms with Crippen LogP contribution in [0.1, 0.15) is 11.5 Å². The number of benzene rings is 2. The topological polar surface area (TPSA) is 60.2 Å². The molecule has 0 saturated heterocycles. The molecular formula is C18H19N3O2. The van der Waals surface area contributed by atoms with Crippen molar-refractivity contribution in [2.24, 2.45) is 0 Å². The number of hydrogen-bond donors (Lipinski definition) is 1. The SMILES string of the molecule is COc1ccccc1-c1nnc(CNCCc2ccccc2)o1. The van der Waals surface area contributed by atoms with E-state index in [1.54, 1.807) is 7.11 Å². The minimum atomic E-state index is 0.474. The number of para-hydroxylation sites is 1. The lowest BCUT2D eigenvalue weighted by Gasteiger charge is -2.03. The van der Waals surface area contributed by atoms with Gasteiger partial charge in [-0.3, -0.25) is 0 Å². The van der Waals surface area contributed by atoms with Crippen molar-refractivity contribution in [2.75, 3.05) is 13.7 Å². The maximum absolute atomic E-state index is 5.70. The Kier molecular flexibility index (Phi) is 5.01. The van der Waals surface area contributed by atoms with Crippen molar-refractivity contribution in [2.45, 2.75) is 13.0 Å². The van der Waals surface area contributed by atoms with Gasteiger partial charge in [-0.2, -0.15) is 0 Å². The van der Waals surface area contributed by atoms with E-state index in [1.165, 1.54) is 5.56 Å². The molecule has 1 heterocycles. The van der Waals surface area contributed by atoms with Crippen molar-refractivity contribution in [1.29, 1.82) is 0 Å². The maximum atomic E-state index is 5.70. The molecule has 0 fully saturated rings. The van der Waals surface area contributed by atoms with Crippen molar-refractivity contribution in [3.05, 3.63) is 66.1 Å². The molecule has 1 N–H and O–H groups in total. The first kappa shape index (κ1) is 15.2. The molecule has 5 nitrogen and oxygen atoms in total. The van der Waals surface area contributed by atoms with Crippen LogP contribution in [0, 0.1) is 0 Å². The Balaban J connectivity index is 1.55. The summed E-state index contributed by atoms with van der Waals surface area (Å²) in [6.07, 6.45) is 0.967. The molecule has 0 amide bonds. The van der Waals surface area contributed by atoms with E-state index in [1.807, 2.05) is 42.5 Å². The summed E-state index contributed by atoms with van der Waals surface area (Å²) < 4.78 is 11.0. The Bertz CT molecular complexity index is 741. The molecule has 5 heteroatoms. The predicted molar refractivity (Wildman–Crippen MR) is 88.1 cm³/mol. The van der Waals surface area contributed by atoms with Crippen LogP contribution in [0.5, 0.6) is 5.75 Å². The fourth-order valence-corrected chi connectivity index (χ4v) is 2.33. The van der Waals surface area contributed by atoms with Gasteiger partial charge < -0.3 is 14.5 Å². The molecular weight excluding hydrogens is 290 g/mol. The summed E-state index contributed by atoms with van der Waals surface area (Å²) in [7, 11) is 1.63. The van der Waals surface area contributed by atoms with Gasteiger partial charge in [-0.15, -0.1) is 10.2 Å². The van der Waals surface area contributed by atoms with E-state index in [-0.39, 0.29) is 0 Å². The fraction of sp³-hybridized carbons (Fsp3) is 0.222. The average Bonchev–Trinajstić information content (AvgIpc) is 3.08. The summed E-state index contributed by atoms with van der Waals surface area (Å²) in [5, 5.41) is 11.5. The molecule has 1 aromatic heterocycles. The van der Waals surface area contributed by atoms with Crippen LogP contribution < -0.4 is 10.1 Å². The van der Waals surface area contributed by atoms with Crippen LogP contribution in [0.3, 0.4) is 0 Å². The number of methoxy groups -OCH3 is 1. The van der Waals surface area contributed by atoms with Crippen LogP contribution in [0.4, 0.5) is 0 Å². The van der Waals surface area contributed by atoms with Crippen molar-refractivity contribution < 1.29 is 9.15 Å². The third-order valence-electron chi connectivity index (χ3n) is 3.51. The first-order chi connectivity index (χ1) is 11.4. The van der Waals surface area contributed by atoms with Crippen LogP contribution in [0.25, 0.3) is 11.5 Å². The van der Waals surface area contributed by atoms with Crippen LogP contribution in [-0.4, -0.2) is 23.9 Å².